The Morgan fingerprint density at radius 1 is 1.35 bits per heavy atom. The second-order valence-electron chi connectivity index (χ2n) is 3.52. The molecule has 0 bridgehead atoms. The molecule has 0 saturated carbocycles. The molecule has 0 aromatic carbocycles. The normalized spacial score (nSPS) is 10.9. The highest BCUT2D eigenvalue weighted by Gasteiger charge is 2.17. The first-order chi connectivity index (χ1) is 8.27. The Morgan fingerprint density at radius 2 is 2.24 bits per heavy atom. The molecule has 3 heterocycles. The third kappa shape index (κ3) is 1.71. The molecule has 0 fully saturated rings. The summed E-state index contributed by atoms with van der Waals surface area (Å²) < 4.78 is 2.54. The first kappa shape index (κ1) is 10.7. The van der Waals surface area contributed by atoms with Crippen molar-refractivity contribution in [1.82, 2.24) is 9.61 Å². The maximum atomic E-state index is 12.3. The van der Waals surface area contributed by atoms with Crippen molar-refractivity contribution in [3.05, 3.63) is 57.0 Å². The molecule has 17 heavy (non-hydrogen) atoms. The van der Waals surface area contributed by atoms with E-state index in [1.54, 1.807) is 10.7 Å². The fourth-order valence-electron chi connectivity index (χ4n) is 1.69. The van der Waals surface area contributed by atoms with Crippen LogP contribution in [0.15, 0.2) is 46.5 Å². The van der Waals surface area contributed by atoms with E-state index in [0.717, 1.165) is 9.99 Å². The van der Waals surface area contributed by atoms with Gasteiger partial charge in [-0.05, 0) is 39.5 Å². The second-order valence-corrected chi connectivity index (χ2v) is 5.29. The molecule has 5 heteroatoms. The quantitative estimate of drug-likeness (QED) is 0.680. The molecule has 3 nitrogen and oxygen atoms in total. The number of halogens is 1. The first-order valence-electron chi connectivity index (χ1n) is 4.97. The molecule has 0 N–H and O–H groups in total. The van der Waals surface area contributed by atoms with Gasteiger partial charge in [-0.15, -0.1) is 11.3 Å². The molecule has 3 aromatic heterocycles. The van der Waals surface area contributed by atoms with Crippen molar-refractivity contribution >= 4 is 38.6 Å². The van der Waals surface area contributed by atoms with Gasteiger partial charge in [-0.3, -0.25) is 4.79 Å². The molecule has 0 aliphatic carbocycles. The average Bonchev–Trinajstić information content (AvgIpc) is 2.94. The zero-order valence-electron chi connectivity index (χ0n) is 8.63. The Labute approximate surface area is 110 Å². The summed E-state index contributed by atoms with van der Waals surface area (Å²) >= 11 is 4.81. The molecule has 0 aliphatic rings. The molecule has 0 saturated heterocycles. The number of thiophene rings is 1. The molecule has 3 aromatic rings. The third-order valence-electron chi connectivity index (χ3n) is 2.49. The van der Waals surface area contributed by atoms with E-state index in [9.17, 15) is 4.79 Å². The summed E-state index contributed by atoms with van der Waals surface area (Å²) in [5.74, 6) is 0.00748. The number of aromatic nitrogens is 2. The Kier molecular flexibility index (Phi) is 2.57. The van der Waals surface area contributed by atoms with Crippen LogP contribution in [0.5, 0.6) is 0 Å². The van der Waals surface area contributed by atoms with Crippen molar-refractivity contribution in [2.45, 2.75) is 0 Å². The van der Waals surface area contributed by atoms with Crippen LogP contribution < -0.4 is 0 Å². The van der Waals surface area contributed by atoms with Crippen LogP contribution in [0.2, 0.25) is 0 Å². The smallest absolute Gasteiger partial charge is 0.207 e. The summed E-state index contributed by atoms with van der Waals surface area (Å²) in [6.45, 7) is 0. The van der Waals surface area contributed by atoms with Gasteiger partial charge in [-0.25, -0.2) is 4.52 Å². The van der Waals surface area contributed by atoms with E-state index in [1.807, 2.05) is 35.8 Å². The van der Waals surface area contributed by atoms with Crippen LogP contribution in [-0.2, 0) is 0 Å². The van der Waals surface area contributed by atoms with Crippen LogP contribution in [0.25, 0.3) is 5.52 Å². The second kappa shape index (κ2) is 4.09. The van der Waals surface area contributed by atoms with Crippen molar-refractivity contribution in [3.63, 3.8) is 0 Å². The van der Waals surface area contributed by atoms with E-state index in [2.05, 4.69) is 21.0 Å². The molecular weight excluding hydrogens is 300 g/mol. The standard InChI is InChI=1S/C12H7BrN2OS/c13-9-4-6-17-12(9)11(16)8-7-14-15-5-2-1-3-10(8)15/h1-7H. The monoisotopic (exact) mass is 306 g/mol. The summed E-state index contributed by atoms with van der Waals surface area (Å²) in [7, 11) is 0. The van der Waals surface area contributed by atoms with Gasteiger partial charge in [0.25, 0.3) is 0 Å². The number of fused-ring (bicyclic) bond motifs is 1. The summed E-state index contributed by atoms with van der Waals surface area (Å²) in [6, 6.07) is 7.55. The first-order valence-corrected chi connectivity index (χ1v) is 6.64. The molecule has 3 rings (SSSR count). The minimum atomic E-state index is 0.00748. The summed E-state index contributed by atoms with van der Waals surface area (Å²) in [4.78, 5) is 13.0. The molecular formula is C12H7BrN2OS. The van der Waals surface area contributed by atoms with Gasteiger partial charge in [0.2, 0.25) is 5.78 Å². The lowest BCUT2D eigenvalue weighted by molar-refractivity contribution is 0.104. The SMILES string of the molecule is O=C(c1sccc1Br)c1cnn2ccccc12. The van der Waals surface area contributed by atoms with Crippen molar-refractivity contribution in [2.24, 2.45) is 0 Å². The summed E-state index contributed by atoms with van der Waals surface area (Å²) in [5, 5.41) is 6.06. The van der Waals surface area contributed by atoms with Gasteiger partial charge in [0.15, 0.2) is 0 Å². The largest absolute Gasteiger partial charge is 0.288 e. The van der Waals surface area contributed by atoms with Gasteiger partial charge in [-0.2, -0.15) is 5.10 Å². The molecule has 0 radical (unpaired) electrons. The van der Waals surface area contributed by atoms with Crippen LogP contribution in [-0.4, -0.2) is 15.4 Å². The molecule has 0 unspecified atom stereocenters. The highest BCUT2D eigenvalue weighted by Crippen LogP contribution is 2.26. The van der Waals surface area contributed by atoms with E-state index in [-0.39, 0.29) is 5.78 Å². The number of carbonyl (C=O) groups is 1. The van der Waals surface area contributed by atoms with Gasteiger partial charge in [0.05, 0.1) is 22.2 Å². The minimum Gasteiger partial charge on any atom is -0.288 e. The summed E-state index contributed by atoms with van der Waals surface area (Å²) in [5.41, 5.74) is 1.46. The predicted octanol–water partition coefficient (Wildman–Crippen LogP) is 3.39. The number of ketones is 1. The topological polar surface area (TPSA) is 34.4 Å². The Bertz CT molecular complexity index is 701. The van der Waals surface area contributed by atoms with E-state index in [4.69, 9.17) is 0 Å². The van der Waals surface area contributed by atoms with Gasteiger partial charge >= 0.3 is 0 Å². The lowest BCUT2D eigenvalue weighted by atomic mass is 10.1. The fraction of sp³-hybridized carbons (Fsp3) is 0. The van der Waals surface area contributed by atoms with Crippen LogP contribution in [0, 0.1) is 0 Å². The number of nitrogens with zero attached hydrogens (tertiary/aromatic N) is 2. The van der Waals surface area contributed by atoms with Crippen molar-refractivity contribution < 1.29 is 4.79 Å². The fourth-order valence-corrected chi connectivity index (χ4v) is 3.19. The number of pyridine rings is 1. The summed E-state index contributed by atoms with van der Waals surface area (Å²) in [6.07, 6.45) is 3.44. The Balaban J connectivity index is 2.17. The highest BCUT2D eigenvalue weighted by atomic mass is 79.9. The number of hydrogen-bond donors (Lipinski definition) is 0. The van der Waals surface area contributed by atoms with Gasteiger partial charge in [0, 0.05) is 10.7 Å². The zero-order chi connectivity index (χ0) is 11.8. The molecule has 0 spiro atoms. The van der Waals surface area contributed by atoms with Gasteiger partial charge in [-0.1, -0.05) is 6.07 Å². The van der Waals surface area contributed by atoms with Crippen molar-refractivity contribution in [3.8, 4) is 0 Å². The van der Waals surface area contributed by atoms with Gasteiger partial charge < -0.3 is 0 Å². The Hall–Kier alpha value is -1.46. The van der Waals surface area contributed by atoms with E-state index in [1.165, 1.54) is 11.3 Å². The number of carbonyl (C=O) groups excluding carboxylic acids is 1. The van der Waals surface area contributed by atoms with Gasteiger partial charge in [0.1, 0.15) is 0 Å². The number of rotatable bonds is 2. The van der Waals surface area contributed by atoms with Crippen LogP contribution in [0.4, 0.5) is 0 Å². The van der Waals surface area contributed by atoms with Crippen LogP contribution in [0.3, 0.4) is 0 Å². The minimum absolute atomic E-state index is 0.00748. The lowest BCUT2D eigenvalue weighted by Crippen LogP contribution is -1.98. The van der Waals surface area contributed by atoms with Crippen molar-refractivity contribution in [1.29, 1.82) is 0 Å². The molecule has 84 valence electrons. The maximum Gasteiger partial charge on any atom is 0.207 e. The van der Waals surface area contributed by atoms with Crippen LogP contribution in [0.1, 0.15) is 15.2 Å². The number of hydrogen-bond acceptors (Lipinski definition) is 3. The van der Waals surface area contributed by atoms with E-state index < -0.39 is 0 Å². The predicted molar refractivity (Wildman–Crippen MR) is 70.6 cm³/mol. The lowest BCUT2D eigenvalue weighted by Gasteiger charge is -1.97. The molecule has 0 aliphatic heterocycles. The third-order valence-corrected chi connectivity index (χ3v) is 4.33. The van der Waals surface area contributed by atoms with Crippen molar-refractivity contribution in [2.75, 3.05) is 0 Å². The van der Waals surface area contributed by atoms with E-state index >= 15 is 0 Å². The van der Waals surface area contributed by atoms with Crippen LogP contribution >= 0.6 is 27.3 Å². The molecule has 0 amide bonds. The Morgan fingerprint density at radius 3 is 3.00 bits per heavy atom. The maximum absolute atomic E-state index is 12.3. The van der Waals surface area contributed by atoms with E-state index in [0.29, 0.717) is 10.4 Å². The molecule has 0 atom stereocenters. The zero-order valence-corrected chi connectivity index (χ0v) is 11.0. The average molecular weight is 307 g/mol. The highest BCUT2D eigenvalue weighted by molar-refractivity contribution is 9.10.